The zero-order chi connectivity index (χ0) is 13.8. The Morgan fingerprint density at radius 2 is 1.84 bits per heavy atom. The van der Waals surface area contributed by atoms with E-state index < -0.39 is 0 Å². The number of aromatic nitrogens is 1. The molecule has 1 heterocycles. The number of nitrogens with two attached hydrogens (primary N) is 1. The van der Waals surface area contributed by atoms with Crippen molar-refractivity contribution in [2.45, 2.75) is 20.4 Å². The Bertz CT molecular complexity index is 546. The zero-order valence-corrected chi connectivity index (χ0v) is 11.6. The highest BCUT2D eigenvalue weighted by molar-refractivity contribution is 5.50. The van der Waals surface area contributed by atoms with E-state index in [1.165, 1.54) is 16.8 Å². The van der Waals surface area contributed by atoms with E-state index in [0.717, 1.165) is 12.2 Å². The molecule has 0 aliphatic heterocycles. The summed E-state index contributed by atoms with van der Waals surface area (Å²) in [4.78, 5) is 6.61. The average Bonchev–Trinajstić information content (AvgIpc) is 2.37. The normalized spacial score (nSPS) is 10.3. The number of hydrogen-bond donors (Lipinski definition) is 2. The third kappa shape index (κ3) is 3.45. The number of rotatable bonds is 4. The molecule has 3 N–H and O–H groups in total. The van der Waals surface area contributed by atoms with Crippen LogP contribution in [0.2, 0.25) is 0 Å². The van der Waals surface area contributed by atoms with E-state index in [0.29, 0.717) is 5.82 Å². The van der Waals surface area contributed by atoms with E-state index >= 15 is 0 Å². The number of hydrazine groups is 1. The predicted molar refractivity (Wildman–Crippen MR) is 80.1 cm³/mol. The van der Waals surface area contributed by atoms with Crippen molar-refractivity contribution in [1.29, 1.82) is 0 Å². The molecule has 2 rings (SSSR count). The van der Waals surface area contributed by atoms with Crippen LogP contribution in [0.15, 0.2) is 36.4 Å². The summed E-state index contributed by atoms with van der Waals surface area (Å²) in [6.45, 7) is 4.97. The van der Waals surface area contributed by atoms with Gasteiger partial charge in [-0.3, -0.25) is 0 Å². The number of aryl methyl sites for hydroxylation is 2. The molecule has 1 aromatic heterocycles. The quantitative estimate of drug-likeness (QED) is 0.652. The van der Waals surface area contributed by atoms with Gasteiger partial charge in [0, 0.05) is 12.7 Å². The lowest BCUT2D eigenvalue weighted by Crippen LogP contribution is -2.18. The topological polar surface area (TPSA) is 54.2 Å². The van der Waals surface area contributed by atoms with Gasteiger partial charge in [-0.25, -0.2) is 10.8 Å². The van der Waals surface area contributed by atoms with Crippen molar-refractivity contribution in [2.75, 3.05) is 17.4 Å². The number of nitrogens with zero attached hydrogens (tertiary/aromatic N) is 2. The Labute approximate surface area is 114 Å². The van der Waals surface area contributed by atoms with Crippen LogP contribution in [0.3, 0.4) is 0 Å². The van der Waals surface area contributed by atoms with Crippen LogP contribution in [0.1, 0.15) is 16.8 Å². The molecule has 0 spiro atoms. The van der Waals surface area contributed by atoms with Gasteiger partial charge < -0.3 is 10.3 Å². The fraction of sp³-hybridized carbons (Fsp3) is 0.267. The first-order chi connectivity index (χ1) is 9.08. The number of pyridine rings is 1. The number of nitrogen functional groups attached to an aromatic ring is 1. The molecule has 0 unspecified atom stereocenters. The molecular weight excluding hydrogens is 236 g/mol. The molecule has 4 heteroatoms. The summed E-state index contributed by atoms with van der Waals surface area (Å²) in [5, 5.41) is 0. The molecule has 100 valence electrons. The van der Waals surface area contributed by atoms with Crippen molar-refractivity contribution < 1.29 is 0 Å². The highest BCUT2D eigenvalue weighted by atomic mass is 15.2. The lowest BCUT2D eigenvalue weighted by molar-refractivity contribution is 0.883. The molecule has 0 saturated heterocycles. The lowest BCUT2D eigenvalue weighted by atomic mass is 10.1. The maximum atomic E-state index is 5.37. The SMILES string of the molecule is Cc1cc(C)cc(N(C)Cc2cccc(NN)n2)c1. The van der Waals surface area contributed by atoms with Crippen LogP contribution in [0.5, 0.6) is 0 Å². The minimum atomic E-state index is 0.686. The molecule has 0 aliphatic carbocycles. The van der Waals surface area contributed by atoms with Gasteiger partial charge in [0.2, 0.25) is 0 Å². The van der Waals surface area contributed by atoms with E-state index in [2.05, 4.69) is 54.4 Å². The Morgan fingerprint density at radius 1 is 1.16 bits per heavy atom. The second kappa shape index (κ2) is 5.71. The molecule has 4 nitrogen and oxygen atoms in total. The lowest BCUT2D eigenvalue weighted by Gasteiger charge is -2.20. The number of hydrogen-bond acceptors (Lipinski definition) is 4. The first kappa shape index (κ1) is 13.4. The summed E-state index contributed by atoms with van der Waals surface area (Å²) >= 11 is 0. The molecule has 0 atom stereocenters. The van der Waals surface area contributed by atoms with E-state index in [4.69, 9.17) is 5.84 Å². The van der Waals surface area contributed by atoms with Gasteiger partial charge in [-0.1, -0.05) is 12.1 Å². The minimum absolute atomic E-state index is 0.686. The van der Waals surface area contributed by atoms with Gasteiger partial charge in [0.1, 0.15) is 5.82 Å². The van der Waals surface area contributed by atoms with Gasteiger partial charge >= 0.3 is 0 Å². The van der Waals surface area contributed by atoms with E-state index in [9.17, 15) is 0 Å². The van der Waals surface area contributed by atoms with Crippen LogP contribution in [0.25, 0.3) is 0 Å². The largest absolute Gasteiger partial charge is 0.369 e. The van der Waals surface area contributed by atoms with E-state index in [1.54, 1.807) is 0 Å². The monoisotopic (exact) mass is 256 g/mol. The van der Waals surface area contributed by atoms with Crippen LogP contribution in [-0.2, 0) is 6.54 Å². The van der Waals surface area contributed by atoms with E-state index in [-0.39, 0.29) is 0 Å². The average molecular weight is 256 g/mol. The molecule has 0 bridgehead atoms. The Hall–Kier alpha value is -2.07. The van der Waals surface area contributed by atoms with Crippen molar-refractivity contribution in [3.63, 3.8) is 0 Å². The molecular formula is C15H20N4. The summed E-state index contributed by atoms with van der Waals surface area (Å²) in [5.74, 6) is 6.06. The van der Waals surface area contributed by atoms with Crippen molar-refractivity contribution in [3.8, 4) is 0 Å². The summed E-state index contributed by atoms with van der Waals surface area (Å²) in [6.07, 6.45) is 0. The van der Waals surface area contributed by atoms with E-state index in [1.807, 2.05) is 18.2 Å². The number of benzene rings is 1. The van der Waals surface area contributed by atoms with Crippen LogP contribution in [-0.4, -0.2) is 12.0 Å². The molecule has 19 heavy (non-hydrogen) atoms. The van der Waals surface area contributed by atoms with Crippen LogP contribution < -0.4 is 16.2 Å². The van der Waals surface area contributed by atoms with Gasteiger partial charge in [0.15, 0.2) is 0 Å². The Morgan fingerprint density at radius 3 is 2.47 bits per heavy atom. The van der Waals surface area contributed by atoms with Crippen LogP contribution in [0, 0.1) is 13.8 Å². The zero-order valence-electron chi connectivity index (χ0n) is 11.6. The second-order valence-electron chi connectivity index (χ2n) is 4.86. The van der Waals surface area contributed by atoms with Crippen LogP contribution in [0.4, 0.5) is 11.5 Å². The third-order valence-corrected chi connectivity index (χ3v) is 3.00. The van der Waals surface area contributed by atoms with Gasteiger partial charge in [0.25, 0.3) is 0 Å². The molecule has 0 aliphatic rings. The molecule has 0 amide bonds. The summed E-state index contributed by atoms with van der Waals surface area (Å²) < 4.78 is 0. The third-order valence-electron chi connectivity index (χ3n) is 3.00. The first-order valence-corrected chi connectivity index (χ1v) is 6.30. The second-order valence-corrected chi connectivity index (χ2v) is 4.86. The maximum Gasteiger partial charge on any atom is 0.140 e. The summed E-state index contributed by atoms with van der Waals surface area (Å²) in [7, 11) is 2.07. The molecule has 1 aromatic carbocycles. The minimum Gasteiger partial charge on any atom is -0.369 e. The van der Waals surface area contributed by atoms with Gasteiger partial charge in [-0.2, -0.15) is 0 Å². The smallest absolute Gasteiger partial charge is 0.140 e. The van der Waals surface area contributed by atoms with Crippen molar-refractivity contribution in [1.82, 2.24) is 4.98 Å². The van der Waals surface area contributed by atoms with Gasteiger partial charge in [-0.15, -0.1) is 0 Å². The highest BCUT2D eigenvalue weighted by Gasteiger charge is 2.05. The first-order valence-electron chi connectivity index (χ1n) is 6.30. The molecule has 0 saturated carbocycles. The van der Waals surface area contributed by atoms with Gasteiger partial charge in [0.05, 0.1) is 12.2 Å². The maximum absolute atomic E-state index is 5.37. The Balaban J connectivity index is 2.17. The Kier molecular flexibility index (Phi) is 4.02. The van der Waals surface area contributed by atoms with Crippen molar-refractivity contribution in [3.05, 3.63) is 53.2 Å². The number of nitrogens with one attached hydrogen (secondary N) is 1. The van der Waals surface area contributed by atoms with Crippen LogP contribution >= 0.6 is 0 Å². The molecule has 2 aromatic rings. The fourth-order valence-corrected chi connectivity index (χ4v) is 2.15. The number of anilines is 2. The fourth-order valence-electron chi connectivity index (χ4n) is 2.15. The van der Waals surface area contributed by atoms with Gasteiger partial charge in [-0.05, 0) is 49.2 Å². The predicted octanol–water partition coefficient (Wildman–Crippen LogP) is 2.62. The van der Waals surface area contributed by atoms with Crippen molar-refractivity contribution in [2.24, 2.45) is 5.84 Å². The van der Waals surface area contributed by atoms with Crippen molar-refractivity contribution >= 4 is 11.5 Å². The molecule has 0 fully saturated rings. The molecule has 0 radical (unpaired) electrons. The standard InChI is InChI=1S/C15H20N4/c1-11-7-12(2)9-14(8-11)19(3)10-13-5-4-6-15(17-13)18-16/h4-9H,10,16H2,1-3H3,(H,17,18). The summed E-state index contributed by atoms with van der Waals surface area (Å²) in [5.41, 5.74) is 7.29. The highest BCUT2D eigenvalue weighted by Crippen LogP contribution is 2.19. The summed E-state index contributed by atoms with van der Waals surface area (Å²) in [6, 6.07) is 12.3.